The third-order valence-corrected chi connectivity index (χ3v) is 3.91. The minimum absolute atomic E-state index is 0. The van der Waals surface area contributed by atoms with Gasteiger partial charge in [-0.25, -0.2) is 0 Å². The van der Waals surface area contributed by atoms with Crippen LogP contribution in [0.5, 0.6) is 0 Å². The third kappa shape index (κ3) is 5.14. The van der Waals surface area contributed by atoms with Crippen molar-refractivity contribution in [2.75, 3.05) is 0 Å². The zero-order chi connectivity index (χ0) is 17.4. The Bertz CT molecular complexity index is 662. The molecule has 0 saturated carbocycles. The fraction of sp³-hybridized carbons (Fsp3) is 0.250. The molecule has 25 heavy (non-hydrogen) atoms. The van der Waals surface area contributed by atoms with E-state index in [-0.39, 0.29) is 26.2 Å². The largest absolute Gasteiger partial charge is 3.00 e. The molecule has 2 aromatic rings. The molecular weight excluding hydrogens is 379 g/mol. The van der Waals surface area contributed by atoms with Crippen molar-refractivity contribution in [3.05, 3.63) is 96.3 Å². The number of benzene rings is 2. The van der Waals surface area contributed by atoms with Crippen LogP contribution in [0.3, 0.4) is 0 Å². The van der Waals surface area contributed by atoms with E-state index in [1.54, 1.807) is 0 Å². The minimum Gasteiger partial charge on any atom is -0.335 e. The molecule has 0 aromatic heterocycles. The van der Waals surface area contributed by atoms with Gasteiger partial charge in [-0.15, -0.1) is 11.1 Å². The summed E-state index contributed by atoms with van der Waals surface area (Å²) < 4.78 is 0. The van der Waals surface area contributed by atoms with Crippen LogP contribution in [-0.4, -0.2) is 0 Å². The summed E-state index contributed by atoms with van der Waals surface area (Å²) >= 11 is 0. The first-order chi connectivity index (χ1) is 11.8. The summed E-state index contributed by atoms with van der Waals surface area (Å²) in [6, 6.07) is 18.5. The molecule has 0 saturated heterocycles. The molecule has 1 radical (unpaired) electrons. The molecule has 1 unspecified atom stereocenters. The summed E-state index contributed by atoms with van der Waals surface area (Å²) in [6.07, 6.45) is 11.7. The summed E-state index contributed by atoms with van der Waals surface area (Å²) in [5.41, 5.74) is 7.00. The van der Waals surface area contributed by atoms with E-state index >= 15 is 0 Å². The summed E-state index contributed by atoms with van der Waals surface area (Å²) in [4.78, 5) is 0. The van der Waals surface area contributed by atoms with Gasteiger partial charge in [0.25, 0.3) is 0 Å². The minimum atomic E-state index is 0. The van der Waals surface area contributed by atoms with E-state index < -0.39 is 0 Å². The molecule has 2 aliphatic carbocycles. The van der Waals surface area contributed by atoms with Crippen molar-refractivity contribution >= 4 is 0 Å². The topological polar surface area (TPSA) is 0 Å². The van der Waals surface area contributed by atoms with Gasteiger partial charge in [-0.3, -0.25) is 0 Å². The molecule has 127 valence electrons. The molecule has 2 aromatic carbocycles. The van der Waals surface area contributed by atoms with E-state index in [1.165, 1.54) is 27.8 Å². The molecule has 0 spiro atoms. The van der Waals surface area contributed by atoms with Crippen molar-refractivity contribution in [1.82, 2.24) is 0 Å². The molecule has 0 aliphatic heterocycles. The average molecular weight is 407 g/mol. The number of hydrogen-bond acceptors (Lipinski definition) is 0. The summed E-state index contributed by atoms with van der Waals surface area (Å²) in [7, 11) is 0. The zero-order valence-corrected chi connectivity index (χ0v) is 18.2. The van der Waals surface area contributed by atoms with Crippen LogP contribution in [0.4, 0.5) is 0 Å². The van der Waals surface area contributed by atoms with Gasteiger partial charge in [0.05, 0.1) is 0 Å². The van der Waals surface area contributed by atoms with Gasteiger partial charge in [-0.1, -0.05) is 53.6 Å². The zero-order valence-electron chi connectivity index (χ0n) is 15.7. The quantitative estimate of drug-likeness (QED) is 0.450. The number of fused-ring (bicyclic) bond motifs is 3. The van der Waals surface area contributed by atoms with Gasteiger partial charge in [0.2, 0.25) is 0 Å². The Morgan fingerprint density at radius 3 is 2.20 bits per heavy atom. The Morgan fingerprint density at radius 1 is 0.920 bits per heavy atom. The summed E-state index contributed by atoms with van der Waals surface area (Å²) in [5.74, 6) is 0.410. The van der Waals surface area contributed by atoms with E-state index in [1.807, 2.05) is 46.6 Å². The predicted octanol–water partition coefficient (Wildman–Crippen LogP) is 6.94. The van der Waals surface area contributed by atoms with E-state index in [4.69, 9.17) is 0 Å². The normalized spacial score (nSPS) is 15.5. The first-order valence-electron chi connectivity index (χ1n) is 8.71. The number of hydrogen-bond donors (Lipinski definition) is 0. The Labute approximate surface area is 173 Å². The van der Waals surface area contributed by atoms with Crippen molar-refractivity contribution in [1.29, 1.82) is 0 Å². The van der Waals surface area contributed by atoms with Gasteiger partial charge in [-0.05, 0) is 12.0 Å². The third-order valence-electron chi connectivity index (χ3n) is 3.91. The summed E-state index contributed by atoms with van der Waals surface area (Å²) in [5, 5.41) is 0. The van der Waals surface area contributed by atoms with Crippen LogP contribution in [0.25, 0.3) is 11.1 Å². The maximum Gasteiger partial charge on any atom is 3.00 e. The van der Waals surface area contributed by atoms with Crippen LogP contribution in [0, 0.1) is 18.9 Å². The van der Waals surface area contributed by atoms with Crippen LogP contribution < -0.4 is 0 Å². The molecular formula is C24H27Zr. The van der Waals surface area contributed by atoms with Crippen LogP contribution >= 0.6 is 0 Å². The number of allylic oxidation sites excluding steroid dienone is 4. The van der Waals surface area contributed by atoms with E-state index in [0.717, 1.165) is 6.42 Å². The Balaban J connectivity index is 0.000000398. The Hall–Kier alpha value is -1.20. The maximum atomic E-state index is 3.45. The molecule has 0 N–H and O–H groups in total. The monoisotopic (exact) mass is 405 g/mol. The smallest absolute Gasteiger partial charge is 0.335 e. The van der Waals surface area contributed by atoms with Gasteiger partial charge >= 0.3 is 26.2 Å². The molecule has 1 heteroatoms. The fourth-order valence-corrected chi connectivity index (χ4v) is 3.14. The number of rotatable bonds is 1. The second-order valence-electron chi connectivity index (χ2n) is 6.05. The van der Waals surface area contributed by atoms with Crippen molar-refractivity contribution in [2.45, 2.75) is 40.0 Å². The van der Waals surface area contributed by atoms with E-state index in [0.29, 0.717) is 5.92 Å². The second-order valence-corrected chi connectivity index (χ2v) is 6.05. The van der Waals surface area contributed by atoms with Crippen LogP contribution in [-0.2, 0) is 26.2 Å². The van der Waals surface area contributed by atoms with Crippen LogP contribution in [0.1, 0.15) is 51.2 Å². The van der Waals surface area contributed by atoms with Gasteiger partial charge in [0.1, 0.15) is 0 Å². The molecule has 0 nitrogen and oxygen atoms in total. The van der Waals surface area contributed by atoms with Crippen molar-refractivity contribution in [3.63, 3.8) is 0 Å². The van der Waals surface area contributed by atoms with Gasteiger partial charge in [-0.2, -0.15) is 52.0 Å². The first kappa shape index (κ1) is 21.8. The maximum absolute atomic E-state index is 3.45. The van der Waals surface area contributed by atoms with E-state index in [9.17, 15) is 0 Å². The molecule has 0 amide bonds. The fourth-order valence-electron chi connectivity index (χ4n) is 3.14. The van der Waals surface area contributed by atoms with Gasteiger partial charge < -0.3 is 12.8 Å². The molecule has 2 aliphatic rings. The van der Waals surface area contributed by atoms with Crippen molar-refractivity contribution < 1.29 is 26.2 Å². The molecule has 1 atom stereocenters. The van der Waals surface area contributed by atoms with Crippen LogP contribution in [0.2, 0.25) is 0 Å². The molecule has 0 bridgehead atoms. The average Bonchev–Trinajstić information content (AvgIpc) is 3.21. The van der Waals surface area contributed by atoms with Crippen LogP contribution in [0.15, 0.2) is 66.3 Å². The van der Waals surface area contributed by atoms with Crippen molar-refractivity contribution in [3.8, 4) is 11.1 Å². The molecule has 4 rings (SSSR count). The Morgan fingerprint density at radius 2 is 1.56 bits per heavy atom. The molecule has 0 fully saturated rings. The SMILES string of the molecule is C[CH-]C.C[CH-]C.[Zr+3].[c-]1cccc2c1C(C1=CC=CC1)c1ccccc1-2. The van der Waals surface area contributed by atoms with Gasteiger partial charge in [0.15, 0.2) is 0 Å². The van der Waals surface area contributed by atoms with E-state index in [2.05, 4.69) is 60.7 Å². The van der Waals surface area contributed by atoms with Crippen molar-refractivity contribution in [2.24, 2.45) is 0 Å². The molecule has 0 heterocycles. The first-order valence-corrected chi connectivity index (χ1v) is 8.71. The predicted molar refractivity (Wildman–Crippen MR) is 106 cm³/mol. The standard InChI is InChI=1S/C18H13.2C3H7.Zr/c1-2-8-13(7-1)18-16-11-5-3-9-14(16)15-10-4-6-12-17(15)18;2*1-3-2;/h1-7,9-11,18H,8H2;2*3H,1-2H3;/q3*-1;+3. The summed E-state index contributed by atoms with van der Waals surface area (Å²) in [6.45, 7) is 8.00. The Kier molecular flexibility index (Phi) is 9.98. The second kappa shape index (κ2) is 11.4. The van der Waals surface area contributed by atoms with Gasteiger partial charge in [0, 0.05) is 5.92 Å².